The Morgan fingerprint density at radius 1 is 1.54 bits per heavy atom. The van der Waals surface area contributed by atoms with Crippen LogP contribution in [0.25, 0.3) is 0 Å². The van der Waals surface area contributed by atoms with Gasteiger partial charge in [0.2, 0.25) is 9.60 Å². The van der Waals surface area contributed by atoms with E-state index in [-0.39, 0.29) is 0 Å². The van der Waals surface area contributed by atoms with Crippen molar-refractivity contribution < 1.29 is 0 Å². The molecule has 0 aromatic carbocycles. The molecule has 2 aromatic rings. The lowest BCUT2D eigenvalue weighted by molar-refractivity contribution is 0.970. The fraction of sp³-hybridized carbons (Fsp3) is 0.167. The molecule has 0 saturated carbocycles. The van der Waals surface area contributed by atoms with Crippen LogP contribution >= 0.6 is 22.9 Å². The molecule has 0 amide bonds. The lowest BCUT2D eigenvalue weighted by Crippen LogP contribution is -1.99. The summed E-state index contributed by atoms with van der Waals surface area (Å²) in [7, 11) is 0. The summed E-state index contributed by atoms with van der Waals surface area (Å²) in [5, 5.41) is 17.9. The number of aromatic amines is 1. The average Bonchev–Trinajstić information content (AvgIpc) is 2.71. The van der Waals surface area contributed by atoms with E-state index in [0.29, 0.717) is 16.1 Å². The van der Waals surface area contributed by atoms with Gasteiger partial charge in [-0.1, -0.05) is 11.3 Å². The van der Waals surface area contributed by atoms with Crippen LogP contribution in [0.1, 0.15) is 5.69 Å². The first kappa shape index (κ1) is 8.46. The largest absolute Gasteiger partial charge is 0.354 e. The third-order valence-electron chi connectivity index (χ3n) is 1.39. The van der Waals surface area contributed by atoms with E-state index in [1.807, 2.05) is 6.07 Å². The van der Waals surface area contributed by atoms with Gasteiger partial charge in [0.25, 0.3) is 0 Å². The lowest BCUT2D eigenvalue weighted by atomic mass is 10.4. The molecule has 0 radical (unpaired) electrons. The van der Waals surface area contributed by atoms with Gasteiger partial charge in [-0.15, -0.1) is 10.2 Å². The Morgan fingerprint density at radius 3 is 3.08 bits per heavy atom. The molecule has 0 unspecified atom stereocenters. The van der Waals surface area contributed by atoms with E-state index >= 15 is 0 Å². The van der Waals surface area contributed by atoms with Crippen molar-refractivity contribution in [1.29, 1.82) is 0 Å². The van der Waals surface area contributed by atoms with E-state index in [4.69, 9.17) is 11.6 Å². The highest BCUT2D eigenvalue weighted by Crippen LogP contribution is 2.19. The van der Waals surface area contributed by atoms with Crippen molar-refractivity contribution in [1.82, 2.24) is 20.4 Å². The number of hydrogen-bond donors (Lipinski definition) is 2. The maximum absolute atomic E-state index is 5.61. The Hall–Kier alpha value is -1.14. The zero-order valence-electron chi connectivity index (χ0n) is 6.49. The standard InChI is InChI=1S/C6H6ClN5S/c7-5-11-12-6(13-5)8-3-4-1-2-9-10-4/h1-2H,3H2,(H,8,12)(H,9,10). The number of H-pyrrole nitrogens is 1. The lowest BCUT2D eigenvalue weighted by Gasteiger charge is -1.96. The van der Waals surface area contributed by atoms with Crippen LogP contribution in [0.4, 0.5) is 5.13 Å². The van der Waals surface area contributed by atoms with Crippen LogP contribution in [0.3, 0.4) is 0 Å². The normalized spacial score (nSPS) is 10.2. The zero-order chi connectivity index (χ0) is 9.10. The minimum Gasteiger partial charge on any atom is -0.354 e. The molecule has 2 heterocycles. The molecule has 0 saturated heterocycles. The predicted molar refractivity (Wildman–Crippen MR) is 50.8 cm³/mol. The molecule has 7 heteroatoms. The third kappa shape index (κ3) is 2.16. The summed E-state index contributed by atoms with van der Waals surface area (Å²) in [6.45, 7) is 0.644. The summed E-state index contributed by atoms with van der Waals surface area (Å²) in [5.74, 6) is 0. The predicted octanol–water partition coefficient (Wildman–Crippen LogP) is 1.53. The Morgan fingerprint density at radius 2 is 2.46 bits per heavy atom. The molecule has 2 rings (SSSR count). The van der Waals surface area contributed by atoms with Gasteiger partial charge in [-0.2, -0.15) is 5.10 Å². The maximum Gasteiger partial charge on any atom is 0.208 e. The second-order valence-corrected chi connectivity index (χ2v) is 3.86. The Bertz CT molecular complexity index is 370. The van der Waals surface area contributed by atoms with Gasteiger partial charge >= 0.3 is 0 Å². The maximum atomic E-state index is 5.61. The number of halogens is 1. The highest BCUT2D eigenvalue weighted by molar-refractivity contribution is 7.18. The van der Waals surface area contributed by atoms with E-state index in [9.17, 15) is 0 Å². The molecular weight excluding hydrogens is 210 g/mol. The van der Waals surface area contributed by atoms with Crippen molar-refractivity contribution in [3.05, 3.63) is 22.4 Å². The van der Waals surface area contributed by atoms with Crippen LogP contribution < -0.4 is 5.32 Å². The first-order valence-corrected chi connectivity index (χ1v) is 4.75. The van der Waals surface area contributed by atoms with Gasteiger partial charge in [-0.25, -0.2) is 0 Å². The number of nitrogens with one attached hydrogen (secondary N) is 2. The fourth-order valence-corrected chi connectivity index (χ4v) is 1.55. The number of aromatic nitrogens is 4. The van der Waals surface area contributed by atoms with Gasteiger partial charge < -0.3 is 5.32 Å². The molecule has 13 heavy (non-hydrogen) atoms. The molecule has 5 nitrogen and oxygen atoms in total. The highest BCUT2D eigenvalue weighted by atomic mass is 35.5. The summed E-state index contributed by atoms with van der Waals surface area (Å²) in [5.41, 5.74) is 0.992. The van der Waals surface area contributed by atoms with Crippen molar-refractivity contribution in [3.8, 4) is 0 Å². The van der Waals surface area contributed by atoms with Crippen LogP contribution in [-0.2, 0) is 6.54 Å². The quantitative estimate of drug-likeness (QED) is 0.815. The van der Waals surface area contributed by atoms with E-state index < -0.39 is 0 Å². The number of hydrogen-bond acceptors (Lipinski definition) is 5. The third-order valence-corrected chi connectivity index (χ3v) is 2.37. The summed E-state index contributed by atoms with van der Waals surface area (Å²) >= 11 is 6.91. The van der Waals surface area contributed by atoms with Crippen LogP contribution in [0.2, 0.25) is 4.47 Å². The Balaban J connectivity index is 1.93. The van der Waals surface area contributed by atoms with Crippen molar-refractivity contribution in [2.45, 2.75) is 6.54 Å². The Kier molecular flexibility index (Phi) is 2.42. The molecule has 0 bridgehead atoms. The first-order chi connectivity index (χ1) is 6.34. The first-order valence-electron chi connectivity index (χ1n) is 3.56. The molecule has 0 aliphatic rings. The van der Waals surface area contributed by atoms with Gasteiger partial charge in [-0.3, -0.25) is 5.10 Å². The van der Waals surface area contributed by atoms with Gasteiger partial charge in [-0.05, 0) is 17.7 Å². The van der Waals surface area contributed by atoms with Gasteiger partial charge in [0.05, 0.1) is 12.2 Å². The van der Waals surface area contributed by atoms with E-state index in [2.05, 4.69) is 25.7 Å². The van der Waals surface area contributed by atoms with Crippen LogP contribution in [-0.4, -0.2) is 20.4 Å². The molecule has 0 fully saturated rings. The molecule has 68 valence electrons. The average molecular weight is 216 g/mol. The highest BCUT2D eigenvalue weighted by Gasteiger charge is 2.00. The summed E-state index contributed by atoms with van der Waals surface area (Å²) in [6.07, 6.45) is 1.70. The number of anilines is 1. The van der Waals surface area contributed by atoms with Crippen molar-refractivity contribution in [3.63, 3.8) is 0 Å². The molecule has 0 aliphatic carbocycles. The molecule has 0 atom stereocenters. The van der Waals surface area contributed by atoms with Crippen molar-refractivity contribution in [2.24, 2.45) is 0 Å². The molecular formula is C6H6ClN5S. The van der Waals surface area contributed by atoms with Gasteiger partial charge in [0, 0.05) is 6.20 Å². The minimum atomic E-state index is 0.437. The summed E-state index contributed by atoms with van der Waals surface area (Å²) < 4.78 is 0.437. The van der Waals surface area contributed by atoms with E-state index in [1.165, 1.54) is 11.3 Å². The smallest absolute Gasteiger partial charge is 0.208 e. The molecule has 2 N–H and O–H groups in total. The minimum absolute atomic E-state index is 0.437. The van der Waals surface area contributed by atoms with Crippen molar-refractivity contribution >= 4 is 28.1 Å². The second-order valence-electron chi connectivity index (χ2n) is 2.30. The Labute approximate surface area is 83.2 Å². The molecule has 0 aliphatic heterocycles. The number of nitrogens with zero attached hydrogens (tertiary/aromatic N) is 3. The second kappa shape index (κ2) is 3.71. The zero-order valence-corrected chi connectivity index (χ0v) is 8.06. The van der Waals surface area contributed by atoms with E-state index in [1.54, 1.807) is 6.20 Å². The van der Waals surface area contributed by atoms with Crippen LogP contribution in [0.5, 0.6) is 0 Å². The fourth-order valence-electron chi connectivity index (χ4n) is 0.831. The topological polar surface area (TPSA) is 66.5 Å². The van der Waals surface area contributed by atoms with Crippen LogP contribution in [0, 0.1) is 0 Å². The van der Waals surface area contributed by atoms with Gasteiger partial charge in [0.1, 0.15) is 0 Å². The van der Waals surface area contributed by atoms with Crippen LogP contribution in [0.15, 0.2) is 12.3 Å². The SMILES string of the molecule is Clc1nnc(NCc2ccn[nH]2)s1. The van der Waals surface area contributed by atoms with E-state index in [0.717, 1.165) is 5.69 Å². The summed E-state index contributed by atoms with van der Waals surface area (Å²) in [4.78, 5) is 0. The van der Waals surface area contributed by atoms with Gasteiger partial charge in [0.15, 0.2) is 0 Å². The van der Waals surface area contributed by atoms with Crippen molar-refractivity contribution in [2.75, 3.05) is 5.32 Å². The molecule has 2 aromatic heterocycles. The summed E-state index contributed by atoms with van der Waals surface area (Å²) in [6, 6.07) is 1.88. The monoisotopic (exact) mass is 215 g/mol. The number of rotatable bonds is 3. The molecule has 0 spiro atoms.